The van der Waals surface area contributed by atoms with Crippen molar-refractivity contribution in [1.29, 1.82) is 0 Å². The number of rotatable bonds is 15. The maximum Gasteiger partial charge on any atom is 0.280 e. The summed E-state index contributed by atoms with van der Waals surface area (Å²) in [5, 5.41) is 15.6. The fraction of sp³-hybridized carbons (Fsp3) is 0.600. The van der Waals surface area contributed by atoms with Gasteiger partial charge in [0, 0.05) is 35.5 Å². The Morgan fingerprint density at radius 1 is 1.10 bits per heavy atom. The molecule has 0 aliphatic carbocycles. The molecule has 1 heterocycles. The van der Waals surface area contributed by atoms with Gasteiger partial charge in [-0.2, -0.15) is 0 Å². The predicted molar refractivity (Wildman–Crippen MR) is 175 cm³/mol. The Morgan fingerprint density at radius 3 is 2.29 bits per heavy atom. The molecule has 238 valence electrons. The summed E-state index contributed by atoms with van der Waals surface area (Å²) in [4.78, 5) is 46.2. The van der Waals surface area contributed by atoms with Crippen LogP contribution in [0, 0.1) is 5.92 Å². The van der Waals surface area contributed by atoms with Crippen LogP contribution in [-0.2, 0) is 9.59 Å². The van der Waals surface area contributed by atoms with Crippen LogP contribution in [0.2, 0.25) is 0 Å². The van der Waals surface area contributed by atoms with Crippen molar-refractivity contribution in [3.05, 3.63) is 40.3 Å². The van der Waals surface area contributed by atoms with E-state index in [1.54, 1.807) is 41.6 Å². The minimum Gasteiger partial charge on any atom is -0.399 e. The highest BCUT2D eigenvalue weighted by Gasteiger charge is 2.28. The van der Waals surface area contributed by atoms with E-state index in [4.69, 9.17) is 5.73 Å². The fourth-order valence-corrected chi connectivity index (χ4v) is 5.12. The number of benzene rings is 1. The summed E-state index contributed by atoms with van der Waals surface area (Å²) in [6.07, 6.45) is 1.37. The first-order chi connectivity index (χ1) is 20.0. The molecule has 2 unspecified atom stereocenters. The number of aliphatic hydroxyl groups excluding tert-OH is 1. The Kier molecular flexibility index (Phi) is 20.6. The lowest BCUT2D eigenvalue weighted by molar-refractivity contribution is -0.135. The second-order valence-corrected chi connectivity index (χ2v) is 11.4. The van der Waals surface area contributed by atoms with E-state index in [-0.39, 0.29) is 54.9 Å². The molecule has 0 radical (unpaired) electrons. The van der Waals surface area contributed by atoms with Gasteiger partial charge in [0.15, 0.2) is 0 Å². The van der Waals surface area contributed by atoms with Crippen molar-refractivity contribution >= 4 is 46.7 Å². The zero-order valence-electron chi connectivity index (χ0n) is 26.8. The number of aromatic nitrogens is 1. The van der Waals surface area contributed by atoms with Crippen molar-refractivity contribution in [3.63, 3.8) is 0 Å². The van der Waals surface area contributed by atoms with Gasteiger partial charge in [-0.1, -0.05) is 54.9 Å². The standard InChI is InChI=1S/C26H40N6O4S2.2C2H6/c1-6-7-12-31(4)15-23(34)28-14-24(35)32(5)21(17(2)3)13-22(33)26-29-20(16-37-26)25(36)30-38-19-10-8-18(27)9-11-19;2*1-2/h8-11,16-17,21-22,33H,6-7,12-15,27H2,1-5H3,(H,28,34)(H,30,36);2*1-2H3. The van der Waals surface area contributed by atoms with E-state index in [9.17, 15) is 19.5 Å². The fourth-order valence-electron chi connectivity index (χ4n) is 3.74. The number of unbranched alkanes of at least 4 members (excludes halogenated alkanes) is 1. The number of carbonyl (C=O) groups is 3. The Labute approximate surface area is 261 Å². The third kappa shape index (κ3) is 14.5. The average Bonchev–Trinajstić information content (AvgIpc) is 3.49. The molecular formula is C30H52N6O4S2. The molecule has 2 atom stereocenters. The quantitative estimate of drug-likeness (QED) is 0.161. The molecule has 3 amide bonds. The molecule has 0 aliphatic rings. The molecule has 10 nitrogen and oxygen atoms in total. The van der Waals surface area contributed by atoms with Crippen LogP contribution < -0.4 is 15.8 Å². The first-order valence-corrected chi connectivity index (χ1v) is 16.4. The molecule has 0 bridgehead atoms. The summed E-state index contributed by atoms with van der Waals surface area (Å²) in [5.41, 5.74) is 6.53. The van der Waals surface area contributed by atoms with Crippen LogP contribution in [0.3, 0.4) is 0 Å². The number of carbonyl (C=O) groups excluding carboxylic acids is 3. The number of thiazole rings is 1. The molecule has 12 heteroatoms. The Bertz CT molecular complexity index is 1050. The van der Waals surface area contributed by atoms with Crippen molar-refractivity contribution in [2.45, 2.75) is 84.8 Å². The maximum atomic E-state index is 12.8. The summed E-state index contributed by atoms with van der Waals surface area (Å²) >= 11 is 2.35. The van der Waals surface area contributed by atoms with Crippen molar-refractivity contribution in [1.82, 2.24) is 24.8 Å². The van der Waals surface area contributed by atoms with Crippen molar-refractivity contribution in [2.24, 2.45) is 5.92 Å². The highest BCUT2D eigenvalue weighted by Crippen LogP contribution is 2.27. The largest absolute Gasteiger partial charge is 0.399 e. The number of nitrogens with one attached hydrogen (secondary N) is 2. The molecule has 1 aromatic heterocycles. The van der Waals surface area contributed by atoms with Crippen molar-refractivity contribution < 1.29 is 19.5 Å². The number of aliphatic hydroxyl groups is 1. The Hall–Kier alpha value is -2.67. The van der Waals surface area contributed by atoms with Crippen LogP contribution in [0.15, 0.2) is 34.5 Å². The average molecular weight is 625 g/mol. The number of hydrogen-bond acceptors (Lipinski definition) is 9. The van der Waals surface area contributed by atoms with Gasteiger partial charge < -0.3 is 21.1 Å². The topological polar surface area (TPSA) is 141 Å². The van der Waals surface area contributed by atoms with Gasteiger partial charge in [0.25, 0.3) is 5.91 Å². The van der Waals surface area contributed by atoms with Crippen LogP contribution >= 0.6 is 23.3 Å². The SMILES string of the molecule is CC.CC.CCCCN(C)CC(=O)NCC(=O)N(C)C(CC(O)c1nc(C(=O)NSc2ccc(N)cc2)cs1)C(C)C. The summed E-state index contributed by atoms with van der Waals surface area (Å²) in [5.74, 6) is -0.757. The van der Waals surface area contributed by atoms with Crippen LogP contribution in [-0.4, -0.2) is 77.4 Å². The van der Waals surface area contributed by atoms with Gasteiger partial charge in [0.05, 0.1) is 13.1 Å². The summed E-state index contributed by atoms with van der Waals surface area (Å²) in [6, 6.07) is 6.82. The van der Waals surface area contributed by atoms with Gasteiger partial charge >= 0.3 is 0 Å². The second kappa shape index (κ2) is 21.9. The van der Waals surface area contributed by atoms with E-state index in [1.807, 2.05) is 53.5 Å². The summed E-state index contributed by atoms with van der Waals surface area (Å²) in [7, 11) is 3.56. The van der Waals surface area contributed by atoms with E-state index in [1.165, 1.54) is 11.3 Å². The third-order valence-corrected chi connectivity index (χ3v) is 7.79. The number of amides is 3. The van der Waals surface area contributed by atoms with Gasteiger partial charge in [-0.25, -0.2) is 4.98 Å². The van der Waals surface area contributed by atoms with Gasteiger partial charge in [-0.3, -0.25) is 24.0 Å². The smallest absolute Gasteiger partial charge is 0.280 e. The van der Waals surface area contributed by atoms with Crippen LogP contribution in [0.4, 0.5) is 5.69 Å². The molecule has 2 aromatic rings. The first-order valence-electron chi connectivity index (χ1n) is 14.7. The molecule has 0 saturated carbocycles. The number of likely N-dealkylation sites (N-methyl/N-ethyl adjacent to an activating group) is 2. The van der Waals surface area contributed by atoms with Crippen molar-refractivity contribution in [2.75, 3.05) is 39.5 Å². The van der Waals surface area contributed by atoms with Crippen LogP contribution in [0.25, 0.3) is 0 Å². The molecule has 1 aromatic carbocycles. The van der Waals surface area contributed by atoms with Crippen molar-refractivity contribution in [3.8, 4) is 0 Å². The molecule has 0 spiro atoms. The van der Waals surface area contributed by atoms with E-state index in [0.717, 1.165) is 36.2 Å². The molecule has 0 fully saturated rings. The zero-order chi connectivity index (χ0) is 32.2. The molecule has 0 aliphatic heterocycles. The minimum atomic E-state index is -0.948. The number of nitrogen functional groups attached to an aromatic ring is 1. The number of nitrogens with zero attached hydrogens (tertiary/aromatic N) is 3. The second-order valence-electron chi connectivity index (χ2n) is 9.61. The highest BCUT2D eigenvalue weighted by molar-refractivity contribution is 7.98. The lowest BCUT2D eigenvalue weighted by Gasteiger charge is -2.32. The number of nitrogens with two attached hydrogens (primary N) is 1. The van der Waals surface area contributed by atoms with Crippen LogP contribution in [0.5, 0.6) is 0 Å². The van der Waals surface area contributed by atoms with Gasteiger partial charge in [-0.05, 0) is 62.1 Å². The summed E-state index contributed by atoms with van der Waals surface area (Å²) < 4.78 is 2.73. The van der Waals surface area contributed by atoms with E-state index >= 15 is 0 Å². The molecule has 0 saturated heterocycles. The monoisotopic (exact) mass is 624 g/mol. The van der Waals surface area contributed by atoms with Gasteiger partial charge in [0.2, 0.25) is 11.8 Å². The maximum absolute atomic E-state index is 12.8. The minimum absolute atomic E-state index is 0.0496. The Morgan fingerprint density at radius 2 is 1.71 bits per heavy atom. The molecule has 5 N–H and O–H groups in total. The van der Waals surface area contributed by atoms with Gasteiger partial charge in [-0.15, -0.1) is 11.3 Å². The summed E-state index contributed by atoms with van der Waals surface area (Å²) in [6.45, 7) is 15.0. The number of anilines is 1. The molecule has 42 heavy (non-hydrogen) atoms. The first kappa shape index (κ1) is 39.3. The van der Waals surface area contributed by atoms with E-state index < -0.39 is 6.10 Å². The lowest BCUT2D eigenvalue weighted by Crippen LogP contribution is -2.47. The van der Waals surface area contributed by atoms with E-state index in [2.05, 4.69) is 21.9 Å². The molecular weight excluding hydrogens is 573 g/mol. The normalized spacial score (nSPS) is 11.9. The molecule has 2 rings (SSSR count). The lowest BCUT2D eigenvalue weighted by atomic mass is 9.96. The predicted octanol–water partition coefficient (Wildman–Crippen LogP) is 4.97. The van der Waals surface area contributed by atoms with Gasteiger partial charge in [0.1, 0.15) is 16.8 Å². The Balaban J connectivity index is 0.00000402. The number of hydrogen-bond donors (Lipinski definition) is 4. The third-order valence-electron chi connectivity index (χ3n) is 6.05. The van der Waals surface area contributed by atoms with Crippen LogP contribution in [0.1, 0.15) is 89.3 Å². The van der Waals surface area contributed by atoms with E-state index in [0.29, 0.717) is 10.7 Å². The highest BCUT2D eigenvalue weighted by atomic mass is 32.2. The zero-order valence-corrected chi connectivity index (χ0v) is 28.4.